The highest BCUT2D eigenvalue weighted by Crippen LogP contribution is 2.21. The maximum Gasteiger partial charge on any atom is 0.332 e. The molecule has 2 atom stereocenters. The fraction of sp³-hybridized carbons (Fsp3) is 0.462. The molecule has 1 aliphatic rings. The normalized spacial score (nSPS) is 23.6. The molecular weight excluding hydrogens is 218 g/mol. The lowest BCUT2D eigenvalue weighted by atomic mass is 10.1. The molecule has 0 amide bonds. The Kier molecular flexibility index (Phi) is 3.64. The first-order valence-corrected chi connectivity index (χ1v) is 5.84. The van der Waals surface area contributed by atoms with E-state index in [-0.39, 0.29) is 6.10 Å². The molecular formula is C13H17NO3. The summed E-state index contributed by atoms with van der Waals surface area (Å²) >= 11 is 0. The molecule has 0 spiro atoms. The molecule has 2 rings (SSSR count). The Bertz CT molecular complexity index is 405. The van der Waals surface area contributed by atoms with Gasteiger partial charge in [0, 0.05) is 12.2 Å². The van der Waals surface area contributed by atoms with Gasteiger partial charge in [-0.2, -0.15) is 0 Å². The summed E-state index contributed by atoms with van der Waals surface area (Å²) in [6.07, 6.45) is 0.778. The van der Waals surface area contributed by atoms with E-state index in [9.17, 15) is 4.79 Å². The van der Waals surface area contributed by atoms with Crippen molar-refractivity contribution >= 4 is 11.7 Å². The highest BCUT2D eigenvalue weighted by Gasteiger charge is 2.30. The molecule has 0 saturated carbocycles. The number of aliphatic carboxylic acids is 1. The number of benzene rings is 1. The van der Waals surface area contributed by atoms with E-state index in [1.807, 2.05) is 31.2 Å². The summed E-state index contributed by atoms with van der Waals surface area (Å²) in [7, 11) is 0. The standard InChI is InChI=1S/C13H17NO3/c1-9-4-2-3-5-11(9)14-8-10-6-7-12(17-10)13(15)16/h2-5,10,12,14H,6-8H2,1H3,(H,15,16). The fourth-order valence-corrected chi connectivity index (χ4v) is 2.03. The molecule has 0 aromatic heterocycles. The first-order chi connectivity index (χ1) is 8.16. The van der Waals surface area contributed by atoms with E-state index >= 15 is 0 Å². The van der Waals surface area contributed by atoms with E-state index in [0.29, 0.717) is 13.0 Å². The van der Waals surface area contributed by atoms with Crippen LogP contribution in [0.15, 0.2) is 24.3 Å². The number of carboxylic acid groups (broad SMARTS) is 1. The summed E-state index contributed by atoms with van der Waals surface area (Å²) in [4.78, 5) is 10.7. The maximum absolute atomic E-state index is 10.7. The molecule has 4 heteroatoms. The Morgan fingerprint density at radius 3 is 2.88 bits per heavy atom. The Hall–Kier alpha value is -1.55. The Morgan fingerprint density at radius 2 is 2.24 bits per heavy atom. The molecule has 17 heavy (non-hydrogen) atoms. The van der Waals surface area contributed by atoms with Crippen molar-refractivity contribution in [3.8, 4) is 0 Å². The number of carboxylic acids is 1. The Balaban J connectivity index is 1.84. The van der Waals surface area contributed by atoms with Gasteiger partial charge in [-0.05, 0) is 31.4 Å². The molecule has 0 aliphatic carbocycles. The fourth-order valence-electron chi connectivity index (χ4n) is 2.03. The van der Waals surface area contributed by atoms with Crippen molar-refractivity contribution in [2.24, 2.45) is 0 Å². The summed E-state index contributed by atoms with van der Waals surface area (Å²) in [5.74, 6) is -0.858. The van der Waals surface area contributed by atoms with Crippen molar-refractivity contribution < 1.29 is 14.6 Å². The van der Waals surface area contributed by atoms with Gasteiger partial charge in [0.15, 0.2) is 6.10 Å². The van der Waals surface area contributed by atoms with E-state index in [4.69, 9.17) is 9.84 Å². The van der Waals surface area contributed by atoms with Gasteiger partial charge in [-0.15, -0.1) is 0 Å². The predicted molar refractivity (Wildman–Crippen MR) is 65.2 cm³/mol. The predicted octanol–water partition coefficient (Wildman–Crippen LogP) is 2.04. The molecule has 1 aliphatic heterocycles. The Labute approximate surface area is 101 Å². The van der Waals surface area contributed by atoms with Crippen LogP contribution in [0.1, 0.15) is 18.4 Å². The third-order valence-electron chi connectivity index (χ3n) is 3.05. The van der Waals surface area contributed by atoms with E-state index < -0.39 is 12.1 Å². The molecule has 1 fully saturated rings. The van der Waals surface area contributed by atoms with E-state index in [0.717, 1.165) is 12.1 Å². The Morgan fingerprint density at radius 1 is 1.47 bits per heavy atom. The van der Waals surface area contributed by atoms with Gasteiger partial charge >= 0.3 is 5.97 Å². The monoisotopic (exact) mass is 235 g/mol. The smallest absolute Gasteiger partial charge is 0.332 e. The molecule has 0 bridgehead atoms. The first-order valence-electron chi connectivity index (χ1n) is 5.84. The molecule has 2 N–H and O–H groups in total. The number of anilines is 1. The van der Waals surface area contributed by atoms with Gasteiger partial charge in [0.05, 0.1) is 6.10 Å². The number of para-hydroxylation sites is 1. The lowest BCUT2D eigenvalue weighted by molar-refractivity contribution is -0.149. The lowest BCUT2D eigenvalue weighted by Gasteiger charge is -2.14. The highest BCUT2D eigenvalue weighted by molar-refractivity contribution is 5.72. The number of hydrogen-bond donors (Lipinski definition) is 2. The molecule has 92 valence electrons. The van der Waals surface area contributed by atoms with Gasteiger partial charge in [0.2, 0.25) is 0 Å². The number of aryl methyl sites for hydroxylation is 1. The third kappa shape index (κ3) is 2.97. The van der Waals surface area contributed by atoms with Crippen LogP contribution in [-0.4, -0.2) is 29.8 Å². The van der Waals surface area contributed by atoms with Crippen molar-refractivity contribution in [3.05, 3.63) is 29.8 Å². The van der Waals surface area contributed by atoms with Crippen LogP contribution in [0.5, 0.6) is 0 Å². The second-order valence-corrected chi connectivity index (χ2v) is 4.36. The van der Waals surface area contributed by atoms with E-state index in [1.165, 1.54) is 5.56 Å². The summed E-state index contributed by atoms with van der Waals surface area (Å²) in [5.41, 5.74) is 2.26. The van der Waals surface area contributed by atoms with Gasteiger partial charge in [-0.3, -0.25) is 0 Å². The number of nitrogens with one attached hydrogen (secondary N) is 1. The van der Waals surface area contributed by atoms with Crippen LogP contribution in [0.2, 0.25) is 0 Å². The summed E-state index contributed by atoms with van der Waals surface area (Å²) < 4.78 is 5.42. The second-order valence-electron chi connectivity index (χ2n) is 4.36. The molecule has 4 nitrogen and oxygen atoms in total. The van der Waals surface area contributed by atoms with Gasteiger partial charge < -0.3 is 15.2 Å². The van der Waals surface area contributed by atoms with Crippen molar-refractivity contribution in [2.45, 2.75) is 32.0 Å². The molecule has 1 saturated heterocycles. The summed E-state index contributed by atoms with van der Waals surface area (Å²) in [6.45, 7) is 2.70. The number of rotatable bonds is 4. The minimum atomic E-state index is -0.858. The summed E-state index contributed by atoms with van der Waals surface area (Å²) in [5, 5.41) is 12.1. The average Bonchev–Trinajstić information content (AvgIpc) is 2.77. The number of carbonyl (C=O) groups is 1. The molecule has 0 radical (unpaired) electrons. The van der Waals surface area contributed by atoms with Crippen molar-refractivity contribution in [1.29, 1.82) is 0 Å². The largest absolute Gasteiger partial charge is 0.479 e. The number of hydrogen-bond acceptors (Lipinski definition) is 3. The quantitative estimate of drug-likeness (QED) is 0.838. The van der Waals surface area contributed by atoms with Crippen LogP contribution >= 0.6 is 0 Å². The lowest BCUT2D eigenvalue weighted by Crippen LogP contribution is -2.24. The number of ether oxygens (including phenoxy) is 1. The first kappa shape index (κ1) is 11.9. The van der Waals surface area contributed by atoms with Crippen LogP contribution in [0.25, 0.3) is 0 Å². The van der Waals surface area contributed by atoms with Crippen LogP contribution < -0.4 is 5.32 Å². The van der Waals surface area contributed by atoms with Crippen LogP contribution in [-0.2, 0) is 9.53 Å². The van der Waals surface area contributed by atoms with Gasteiger partial charge in [-0.1, -0.05) is 18.2 Å². The van der Waals surface area contributed by atoms with Gasteiger partial charge in [0.1, 0.15) is 0 Å². The van der Waals surface area contributed by atoms with Gasteiger partial charge in [-0.25, -0.2) is 4.79 Å². The van der Waals surface area contributed by atoms with E-state index in [2.05, 4.69) is 5.32 Å². The third-order valence-corrected chi connectivity index (χ3v) is 3.05. The maximum atomic E-state index is 10.7. The zero-order valence-electron chi connectivity index (χ0n) is 9.85. The zero-order chi connectivity index (χ0) is 12.3. The van der Waals surface area contributed by atoms with Crippen molar-refractivity contribution in [3.63, 3.8) is 0 Å². The van der Waals surface area contributed by atoms with Crippen LogP contribution in [0.4, 0.5) is 5.69 Å². The minimum absolute atomic E-state index is 0.00398. The second kappa shape index (κ2) is 5.19. The van der Waals surface area contributed by atoms with Crippen LogP contribution in [0.3, 0.4) is 0 Å². The molecule has 1 aromatic carbocycles. The van der Waals surface area contributed by atoms with Crippen molar-refractivity contribution in [2.75, 3.05) is 11.9 Å². The molecule has 2 unspecified atom stereocenters. The molecule has 1 heterocycles. The van der Waals surface area contributed by atoms with Gasteiger partial charge in [0.25, 0.3) is 0 Å². The van der Waals surface area contributed by atoms with Crippen LogP contribution in [0, 0.1) is 6.92 Å². The minimum Gasteiger partial charge on any atom is -0.479 e. The van der Waals surface area contributed by atoms with E-state index in [1.54, 1.807) is 0 Å². The van der Waals surface area contributed by atoms with Crippen molar-refractivity contribution in [1.82, 2.24) is 0 Å². The SMILES string of the molecule is Cc1ccccc1NCC1CCC(C(=O)O)O1. The highest BCUT2D eigenvalue weighted by atomic mass is 16.5. The average molecular weight is 235 g/mol. The zero-order valence-corrected chi connectivity index (χ0v) is 9.85. The summed E-state index contributed by atoms with van der Waals surface area (Å²) in [6, 6.07) is 8.02. The molecule has 1 aromatic rings. The topological polar surface area (TPSA) is 58.6 Å².